The van der Waals surface area contributed by atoms with Gasteiger partial charge in [0, 0.05) is 9.53 Å². The second-order valence-electron chi connectivity index (χ2n) is 2.58. The molecule has 1 nitrogen and oxygen atoms in total. The maximum atomic E-state index is 10.9. The van der Waals surface area contributed by atoms with Crippen molar-refractivity contribution in [1.82, 2.24) is 0 Å². The number of hydrogen-bond donors (Lipinski definition) is 0. The summed E-state index contributed by atoms with van der Waals surface area (Å²) < 4.78 is 20.3. The fourth-order valence-corrected chi connectivity index (χ4v) is 0. The molecule has 0 saturated heterocycles. The topological polar surface area (TPSA) is 17.1 Å². The molecule has 0 aliphatic carbocycles. The van der Waals surface area contributed by atoms with Crippen molar-refractivity contribution < 1.29 is 8.91 Å². The summed E-state index contributed by atoms with van der Waals surface area (Å²) in [6, 6.07) is 0. The predicted octanol–water partition coefficient (Wildman–Crippen LogP) is 1.62. The molecule has 0 saturated carbocycles. The van der Waals surface area contributed by atoms with Gasteiger partial charge >= 0.3 is 0 Å². The third-order valence-electron chi connectivity index (χ3n) is 0.681. The Labute approximate surface area is 48.9 Å². The van der Waals surface area contributed by atoms with Crippen LogP contribution in [0.2, 0.25) is 0 Å². The van der Waals surface area contributed by atoms with Crippen LogP contribution in [0.1, 0.15) is 31.7 Å². The molecule has 0 bridgehead atoms. The highest BCUT2D eigenvalue weighted by atomic mass is 16.1. The van der Waals surface area contributed by atoms with Crippen molar-refractivity contribution >= 4 is 5.78 Å². The summed E-state index contributed by atoms with van der Waals surface area (Å²) in [5.41, 5.74) is -0.759. The van der Waals surface area contributed by atoms with E-state index in [9.17, 15) is 4.79 Å². The first kappa shape index (κ1) is 2.85. The monoisotopic (exact) mass is 103 g/mol. The van der Waals surface area contributed by atoms with E-state index in [2.05, 4.69) is 0 Å². The van der Waals surface area contributed by atoms with Gasteiger partial charge in [0.05, 0.1) is 0 Å². The highest BCUT2D eigenvalue weighted by Gasteiger charge is 2.14. The molecule has 0 aromatic carbocycles. The molecule has 0 aromatic heterocycles. The molecule has 0 heterocycles. The van der Waals surface area contributed by atoms with Gasteiger partial charge in [-0.15, -0.1) is 0 Å². The maximum Gasteiger partial charge on any atom is 0.135 e. The number of rotatable bonds is 0. The first-order chi connectivity index (χ1) is 4.15. The third-order valence-corrected chi connectivity index (χ3v) is 0.681. The SMILES string of the molecule is [2H]C([2H])([2H])C(=O)C(C)(C)C. The second kappa shape index (κ2) is 1.65. The van der Waals surface area contributed by atoms with E-state index in [0.717, 1.165) is 0 Å². The smallest absolute Gasteiger partial charge is 0.135 e. The molecular formula is C6H12O. The molecule has 0 spiro atoms. The van der Waals surface area contributed by atoms with E-state index in [4.69, 9.17) is 4.11 Å². The molecule has 0 amide bonds. The lowest BCUT2D eigenvalue weighted by Gasteiger charge is -2.11. The summed E-state index contributed by atoms with van der Waals surface area (Å²) in [6.07, 6.45) is 0. The lowest BCUT2D eigenvalue weighted by Crippen LogP contribution is -2.15. The van der Waals surface area contributed by atoms with E-state index in [1.807, 2.05) is 0 Å². The molecule has 0 radical (unpaired) electrons. The van der Waals surface area contributed by atoms with Crippen LogP contribution in [0, 0.1) is 5.41 Å². The standard InChI is InChI=1S/C6H12O/c1-5(7)6(2,3)4/h1-4H3/i1D3. The fourth-order valence-electron chi connectivity index (χ4n) is 0. The summed E-state index contributed by atoms with van der Waals surface area (Å²) in [7, 11) is 0. The Kier molecular flexibility index (Phi) is 0.670. The van der Waals surface area contributed by atoms with Crippen LogP contribution in [-0.2, 0) is 4.79 Å². The van der Waals surface area contributed by atoms with Gasteiger partial charge in [-0.3, -0.25) is 4.79 Å². The van der Waals surface area contributed by atoms with Gasteiger partial charge < -0.3 is 0 Å². The highest BCUT2D eigenvalue weighted by molar-refractivity contribution is 5.80. The minimum Gasteiger partial charge on any atom is -0.299 e. The Morgan fingerprint density at radius 2 is 2.00 bits per heavy atom. The van der Waals surface area contributed by atoms with Gasteiger partial charge in [-0.05, 0) is 6.85 Å². The average Bonchev–Trinajstić information content (AvgIpc) is 1.59. The Bertz CT molecular complexity index is 124. The van der Waals surface area contributed by atoms with Gasteiger partial charge in [0.15, 0.2) is 0 Å². The molecule has 0 N–H and O–H groups in total. The number of Topliss-reactive ketones (excluding diaryl/α,β-unsaturated/α-hetero) is 1. The normalized spacial score (nSPS) is 19.6. The van der Waals surface area contributed by atoms with Crippen molar-refractivity contribution in [3.05, 3.63) is 0 Å². The minimum absolute atomic E-state index is 0.681. The lowest BCUT2D eigenvalue weighted by molar-refractivity contribution is -0.124. The van der Waals surface area contributed by atoms with Crippen LogP contribution in [0.5, 0.6) is 0 Å². The summed E-state index contributed by atoms with van der Waals surface area (Å²) in [4.78, 5) is 10.9. The molecule has 0 aliphatic heterocycles. The fraction of sp³-hybridized carbons (Fsp3) is 0.833. The molecule has 0 rings (SSSR count). The zero-order chi connectivity index (χ0) is 8.58. The van der Waals surface area contributed by atoms with Crippen molar-refractivity contribution in [2.24, 2.45) is 5.41 Å². The molecule has 7 heavy (non-hydrogen) atoms. The number of carbonyl (C=O) groups is 1. The van der Waals surface area contributed by atoms with Crippen LogP contribution in [0.25, 0.3) is 0 Å². The van der Waals surface area contributed by atoms with Crippen molar-refractivity contribution in [3.63, 3.8) is 0 Å². The lowest BCUT2D eigenvalue weighted by atomic mass is 9.92. The van der Waals surface area contributed by atoms with Crippen LogP contribution in [-0.4, -0.2) is 5.78 Å². The van der Waals surface area contributed by atoms with Gasteiger partial charge in [0.25, 0.3) is 0 Å². The van der Waals surface area contributed by atoms with Crippen LogP contribution >= 0.6 is 0 Å². The van der Waals surface area contributed by atoms with Gasteiger partial charge in [-0.25, -0.2) is 0 Å². The summed E-state index contributed by atoms with van der Waals surface area (Å²) >= 11 is 0. The molecule has 0 atom stereocenters. The third kappa shape index (κ3) is 2.38. The quantitative estimate of drug-likeness (QED) is 0.455. The summed E-state index contributed by atoms with van der Waals surface area (Å²) in [5.74, 6) is -0.681. The zero-order valence-corrected chi connectivity index (χ0v) is 4.91. The van der Waals surface area contributed by atoms with E-state index in [1.54, 1.807) is 20.8 Å². The first-order valence-corrected chi connectivity index (χ1v) is 2.20. The number of hydrogen-bond acceptors (Lipinski definition) is 1. The van der Waals surface area contributed by atoms with Crippen LogP contribution in [0.15, 0.2) is 0 Å². The van der Waals surface area contributed by atoms with Crippen molar-refractivity contribution in [2.45, 2.75) is 27.6 Å². The minimum atomic E-state index is -2.45. The van der Waals surface area contributed by atoms with Gasteiger partial charge in [0.1, 0.15) is 5.78 Å². The van der Waals surface area contributed by atoms with Crippen LogP contribution in [0.3, 0.4) is 0 Å². The summed E-state index contributed by atoms with van der Waals surface area (Å²) in [6.45, 7) is 2.35. The van der Waals surface area contributed by atoms with Crippen molar-refractivity contribution in [3.8, 4) is 0 Å². The summed E-state index contributed by atoms with van der Waals surface area (Å²) in [5, 5.41) is 0. The molecule has 0 aliphatic rings. The van der Waals surface area contributed by atoms with Crippen LogP contribution < -0.4 is 0 Å². The molecule has 42 valence electrons. The molecule has 0 aromatic rings. The zero-order valence-electron chi connectivity index (χ0n) is 7.91. The van der Waals surface area contributed by atoms with Crippen molar-refractivity contribution in [1.29, 1.82) is 0 Å². The predicted molar refractivity (Wildman–Crippen MR) is 30.1 cm³/mol. The largest absolute Gasteiger partial charge is 0.299 e. The molecule has 0 unspecified atom stereocenters. The Morgan fingerprint density at radius 1 is 1.57 bits per heavy atom. The highest BCUT2D eigenvalue weighted by Crippen LogP contribution is 2.12. The van der Waals surface area contributed by atoms with E-state index < -0.39 is 18.1 Å². The molecule has 1 heteroatoms. The molecular weight excluding hydrogens is 88.1 g/mol. The average molecular weight is 103 g/mol. The van der Waals surface area contributed by atoms with Crippen LogP contribution in [0.4, 0.5) is 0 Å². The first-order valence-electron chi connectivity index (χ1n) is 3.70. The maximum absolute atomic E-state index is 10.9. The van der Waals surface area contributed by atoms with E-state index in [-0.39, 0.29) is 0 Å². The molecule has 0 fully saturated rings. The second-order valence-corrected chi connectivity index (χ2v) is 2.58. The van der Waals surface area contributed by atoms with Gasteiger partial charge in [-0.1, -0.05) is 20.8 Å². The Hall–Kier alpha value is -0.330. The Morgan fingerprint density at radius 3 is 2.00 bits per heavy atom. The van der Waals surface area contributed by atoms with Gasteiger partial charge in [0.2, 0.25) is 0 Å². The number of ketones is 1. The van der Waals surface area contributed by atoms with Crippen molar-refractivity contribution in [2.75, 3.05) is 0 Å². The Balaban J connectivity index is 4.40. The van der Waals surface area contributed by atoms with Gasteiger partial charge in [-0.2, -0.15) is 0 Å². The van der Waals surface area contributed by atoms with E-state index in [0.29, 0.717) is 0 Å². The van der Waals surface area contributed by atoms with E-state index in [1.165, 1.54) is 0 Å². The van der Waals surface area contributed by atoms with E-state index >= 15 is 0 Å². The number of carbonyl (C=O) groups excluding carboxylic acids is 1.